The molecule has 0 aromatic heterocycles. The minimum absolute atomic E-state index is 0.150. The Hall–Kier alpha value is -0.120. The topological polar surface area (TPSA) is 49.5 Å². The van der Waals surface area contributed by atoms with Gasteiger partial charge < -0.3 is 15.7 Å². The zero-order chi connectivity index (χ0) is 8.60. The summed E-state index contributed by atoms with van der Waals surface area (Å²) in [5.74, 6) is 0. The van der Waals surface area contributed by atoms with Crippen LogP contribution in [-0.2, 0) is 0 Å². The van der Waals surface area contributed by atoms with Gasteiger partial charge in [0.25, 0.3) is 0 Å². The molecule has 0 aromatic carbocycles. The van der Waals surface area contributed by atoms with E-state index in [1.807, 2.05) is 0 Å². The summed E-state index contributed by atoms with van der Waals surface area (Å²) >= 11 is 0. The van der Waals surface area contributed by atoms with E-state index in [2.05, 4.69) is 4.90 Å². The van der Waals surface area contributed by atoms with Crippen LogP contribution < -0.4 is 5.73 Å². The second kappa shape index (κ2) is 2.98. The molecular formula is C9H18N2O. The van der Waals surface area contributed by atoms with Crippen LogP contribution in [0.3, 0.4) is 0 Å². The molecule has 2 fully saturated rings. The molecule has 2 aliphatic heterocycles. The van der Waals surface area contributed by atoms with Gasteiger partial charge in [0.2, 0.25) is 0 Å². The molecule has 3 nitrogen and oxygen atoms in total. The van der Waals surface area contributed by atoms with Gasteiger partial charge in [-0.1, -0.05) is 0 Å². The van der Waals surface area contributed by atoms with Gasteiger partial charge in [0.05, 0.1) is 6.61 Å². The number of aliphatic hydroxyl groups is 1. The van der Waals surface area contributed by atoms with Crippen LogP contribution >= 0.6 is 0 Å². The van der Waals surface area contributed by atoms with E-state index < -0.39 is 0 Å². The van der Waals surface area contributed by atoms with Crippen molar-refractivity contribution in [2.45, 2.75) is 37.3 Å². The highest BCUT2D eigenvalue weighted by Crippen LogP contribution is 2.31. The van der Waals surface area contributed by atoms with Crippen LogP contribution in [0.5, 0.6) is 0 Å². The molecule has 2 unspecified atom stereocenters. The molecule has 2 rings (SSSR count). The van der Waals surface area contributed by atoms with Crippen molar-refractivity contribution in [3.63, 3.8) is 0 Å². The normalized spacial score (nSPS) is 43.0. The summed E-state index contributed by atoms with van der Waals surface area (Å²) in [5, 5.41) is 9.13. The third kappa shape index (κ3) is 1.37. The Morgan fingerprint density at radius 3 is 3.08 bits per heavy atom. The highest BCUT2D eigenvalue weighted by atomic mass is 16.3. The number of nitrogens with zero attached hydrogens (tertiary/aromatic N) is 1. The van der Waals surface area contributed by atoms with Crippen molar-refractivity contribution in [1.29, 1.82) is 0 Å². The van der Waals surface area contributed by atoms with E-state index in [0.29, 0.717) is 6.04 Å². The second-order valence-electron chi connectivity index (χ2n) is 4.31. The zero-order valence-electron chi connectivity index (χ0n) is 7.50. The Morgan fingerprint density at radius 2 is 2.33 bits per heavy atom. The molecule has 2 saturated heterocycles. The van der Waals surface area contributed by atoms with Gasteiger partial charge in [-0.2, -0.15) is 0 Å². The van der Waals surface area contributed by atoms with E-state index in [4.69, 9.17) is 10.8 Å². The van der Waals surface area contributed by atoms with Gasteiger partial charge in [-0.3, -0.25) is 0 Å². The Kier molecular flexibility index (Phi) is 2.10. The van der Waals surface area contributed by atoms with Crippen LogP contribution in [0.2, 0.25) is 0 Å². The van der Waals surface area contributed by atoms with Gasteiger partial charge in [0, 0.05) is 18.1 Å². The maximum atomic E-state index is 9.13. The first-order chi connectivity index (χ1) is 5.73. The van der Waals surface area contributed by atoms with E-state index in [0.717, 1.165) is 19.4 Å². The van der Waals surface area contributed by atoms with Gasteiger partial charge in [-0.15, -0.1) is 0 Å². The summed E-state index contributed by atoms with van der Waals surface area (Å²) < 4.78 is 0. The third-order valence-corrected chi connectivity index (χ3v) is 3.35. The van der Waals surface area contributed by atoms with Gasteiger partial charge in [-0.05, 0) is 32.2 Å². The van der Waals surface area contributed by atoms with Crippen LogP contribution in [0.4, 0.5) is 0 Å². The number of rotatable bonds is 1. The molecule has 70 valence electrons. The summed E-state index contributed by atoms with van der Waals surface area (Å²) in [6, 6.07) is 0.663. The minimum atomic E-state index is -0.272. The first-order valence-electron chi connectivity index (χ1n) is 4.87. The van der Waals surface area contributed by atoms with Gasteiger partial charge >= 0.3 is 0 Å². The van der Waals surface area contributed by atoms with Crippen LogP contribution in [0.25, 0.3) is 0 Å². The van der Waals surface area contributed by atoms with Crippen LogP contribution in [0.15, 0.2) is 0 Å². The molecular weight excluding hydrogens is 152 g/mol. The zero-order valence-corrected chi connectivity index (χ0v) is 7.50. The molecule has 0 saturated carbocycles. The number of hydrogen-bond donors (Lipinski definition) is 2. The second-order valence-corrected chi connectivity index (χ2v) is 4.31. The van der Waals surface area contributed by atoms with E-state index in [1.165, 1.54) is 19.4 Å². The largest absolute Gasteiger partial charge is 0.394 e. The molecule has 0 spiro atoms. The van der Waals surface area contributed by atoms with Gasteiger partial charge in [0.1, 0.15) is 0 Å². The first kappa shape index (κ1) is 8.48. The molecule has 2 aliphatic rings. The summed E-state index contributed by atoms with van der Waals surface area (Å²) in [7, 11) is 0. The van der Waals surface area contributed by atoms with Crippen molar-refractivity contribution in [3.8, 4) is 0 Å². The highest BCUT2D eigenvalue weighted by Gasteiger charge is 2.38. The Morgan fingerprint density at radius 1 is 1.50 bits per heavy atom. The number of hydrogen-bond acceptors (Lipinski definition) is 3. The molecule has 0 bridgehead atoms. The molecule has 0 aromatic rings. The highest BCUT2D eigenvalue weighted by molar-refractivity contribution is 4.97. The van der Waals surface area contributed by atoms with Gasteiger partial charge in [-0.25, -0.2) is 0 Å². The molecule has 12 heavy (non-hydrogen) atoms. The molecule has 3 N–H and O–H groups in total. The smallest absolute Gasteiger partial charge is 0.0612 e. The molecule has 2 atom stereocenters. The average molecular weight is 170 g/mol. The number of nitrogens with two attached hydrogens (primary N) is 1. The van der Waals surface area contributed by atoms with Crippen LogP contribution in [0, 0.1) is 0 Å². The van der Waals surface area contributed by atoms with E-state index in [-0.39, 0.29) is 12.1 Å². The number of piperidine rings is 1. The lowest BCUT2D eigenvalue weighted by Gasteiger charge is -2.40. The SMILES string of the molecule is NC1(CO)CCN2CCCC2C1. The lowest BCUT2D eigenvalue weighted by atomic mass is 9.85. The van der Waals surface area contributed by atoms with Crippen LogP contribution in [0.1, 0.15) is 25.7 Å². The monoisotopic (exact) mass is 170 g/mol. The van der Waals surface area contributed by atoms with Crippen LogP contribution in [-0.4, -0.2) is 41.3 Å². The minimum Gasteiger partial charge on any atom is -0.394 e. The van der Waals surface area contributed by atoms with E-state index in [1.54, 1.807) is 0 Å². The summed E-state index contributed by atoms with van der Waals surface area (Å²) in [5.41, 5.74) is 5.77. The molecule has 0 amide bonds. The standard InChI is InChI=1S/C9H18N2O/c10-9(7-12)3-5-11-4-1-2-8(11)6-9/h8,12H,1-7,10H2. The number of aliphatic hydroxyl groups excluding tert-OH is 1. The fraction of sp³-hybridized carbons (Fsp3) is 1.00. The summed E-state index contributed by atoms with van der Waals surface area (Å²) in [6.45, 7) is 2.48. The maximum absolute atomic E-state index is 9.13. The van der Waals surface area contributed by atoms with Crippen molar-refractivity contribution < 1.29 is 5.11 Å². The fourth-order valence-electron chi connectivity index (χ4n) is 2.50. The predicted octanol–water partition coefficient (Wildman–Crippen LogP) is -0.0656. The molecule has 2 heterocycles. The van der Waals surface area contributed by atoms with Gasteiger partial charge in [0.15, 0.2) is 0 Å². The molecule has 3 heteroatoms. The average Bonchev–Trinajstić information content (AvgIpc) is 2.51. The Labute approximate surface area is 73.5 Å². The predicted molar refractivity (Wildman–Crippen MR) is 47.8 cm³/mol. The first-order valence-corrected chi connectivity index (χ1v) is 4.87. The fourth-order valence-corrected chi connectivity index (χ4v) is 2.50. The van der Waals surface area contributed by atoms with E-state index in [9.17, 15) is 0 Å². The number of fused-ring (bicyclic) bond motifs is 1. The Bertz CT molecular complexity index is 174. The summed E-state index contributed by atoms with van der Waals surface area (Å²) in [6.07, 6.45) is 4.54. The van der Waals surface area contributed by atoms with Crippen molar-refractivity contribution in [2.75, 3.05) is 19.7 Å². The van der Waals surface area contributed by atoms with Crippen molar-refractivity contribution in [3.05, 3.63) is 0 Å². The third-order valence-electron chi connectivity index (χ3n) is 3.35. The summed E-state index contributed by atoms with van der Waals surface area (Å²) in [4.78, 5) is 2.51. The van der Waals surface area contributed by atoms with Crippen molar-refractivity contribution in [1.82, 2.24) is 4.90 Å². The molecule has 0 radical (unpaired) electrons. The van der Waals surface area contributed by atoms with Crippen molar-refractivity contribution >= 4 is 0 Å². The van der Waals surface area contributed by atoms with E-state index >= 15 is 0 Å². The van der Waals surface area contributed by atoms with Crippen molar-refractivity contribution in [2.24, 2.45) is 5.73 Å². The lowest BCUT2D eigenvalue weighted by Crippen LogP contribution is -2.55. The molecule has 0 aliphatic carbocycles. The Balaban J connectivity index is 2.00. The maximum Gasteiger partial charge on any atom is 0.0612 e. The lowest BCUT2D eigenvalue weighted by molar-refractivity contribution is 0.0844. The quantitative estimate of drug-likeness (QED) is 0.579.